The van der Waals surface area contributed by atoms with Gasteiger partial charge in [0.25, 0.3) is 17.5 Å². The number of anilines is 1. The average molecular weight is 411 g/mol. The van der Waals surface area contributed by atoms with Gasteiger partial charge < -0.3 is 10.1 Å². The second kappa shape index (κ2) is 7.08. The molecule has 1 fully saturated rings. The van der Waals surface area contributed by atoms with Crippen molar-refractivity contribution in [3.05, 3.63) is 59.9 Å². The van der Waals surface area contributed by atoms with E-state index in [9.17, 15) is 31.9 Å². The molecule has 2 N–H and O–H groups in total. The fourth-order valence-corrected chi connectivity index (χ4v) is 2.77. The third kappa shape index (κ3) is 3.35. The first-order valence-corrected chi connectivity index (χ1v) is 8.05. The molecule has 152 valence electrons. The highest BCUT2D eigenvalue weighted by atomic mass is 19.4. The van der Waals surface area contributed by atoms with Crippen molar-refractivity contribution < 1.29 is 36.7 Å². The number of hydrogen-bond acceptors (Lipinski definition) is 4. The molecular formula is C18H13F4N3O4. The van der Waals surface area contributed by atoms with Crippen LogP contribution in [-0.2, 0) is 4.79 Å². The molecule has 0 unspecified atom stereocenters. The summed E-state index contributed by atoms with van der Waals surface area (Å²) in [4.78, 5) is 37.6. The summed E-state index contributed by atoms with van der Waals surface area (Å²) < 4.78 is 59.7. The SMILES string of the molecule is COc1ccccc1C(=O)N[C@]1(C(F)(F)F)NC(=O)N(c2ccc(F)cc2)C1=O. The lowest BCUT2D eigenvalue weighted by molar-refractivity contribution is -0.197. The maximum Gasteiger partial charge on any atom is 0.440 e. The molecule has 29 heavy (non-hydrogen) atoms. The van der Waals surface area contributed by atoms with E-state index in [1.807, 2.05) is 0 Å². The molecule has 2 aromatic rings. The number of ether oxygens (including phenoxy) is 1. The van der Waals surface area contributed by atoms with Crippen LogP contribution in [0, 0.1) is 5.82 Å². The third-order valence-electron chi connectivity index (χ3n) is 4.18. The number of methoxy groups -OCH3 is 1. The molecule has 1 aliphatic heterocycles. The molecule has 1 atom stereocenters. The number of nitrogens with one attached hydrogen (secondary N) is 2. The van der Waals surface area contributed by atoms with Crippen LogP contribution >= 0.6 is 0 Å². The van der Waals surface area contributed by atoms with Gasteiger partial charge in [0.15, 0.2) is 0 Å². The predicted octanol–water partition coefficient (Wildman–Crippen LogP) is 2.58. The zero-order chi connectivity index (χ0) is 21.4. The molecule has 0 saturated carbocycles. The van der Waals surface area contributed by atoms with Crippen molar-refractivity contribution in [1.82, 2.24) is 10.6 Å². The van der Waals surface area contributed by atoms with Gasteiger partial charge in [-0.3, -0.25) is 14.9 Å². The fourth-order valence-electron chi connectivity index (χ4n) is 2.77. The minimum absolute atomic E-state index is 0.0329. The average Bonchev–Trinajstić information content (AvgIpc) is 2.93. The largest absolute Gasteiger partial charge is 0.496 e. The zero-order valence-electron chi connectivity index (χ0n) is 14.7. The van der Waals surface area contributed by atoms with E-state index in [1.165, 1.54) is 36.7 Å². The lowest BCUT2D eigenvalue weighted by atomic mass is 10.1. The third-order valence-corrected chi connectivity index (χ3v) is 4.18. The first-order chi connectivity index (χ1) is 13.6. The molecule has 4 amide bonds. The molecule has 11 heteroatoms. The van der Waals surface area contributed by atoms with Gasteiger partial charge in [-0.05, 0) is 36.4 Å². The summed E-state index contributed by atoms with van der Waals surface area (Å²) in [5.74, 6) is -3.83. The monoisotopic (exact) mass is 411 g/mol. The van der Waals surface area contributed by atoms with Crippen molar-refractivity contribution in [2.75, 3.05) is 12.0 Å². The van der Waals surface area contributed by atoms with E-state index in [-0.39, 0.29) is 21.9 Å². The lowest BCUT2D eigenvalue weighted by Crippen LogP contribution is -2.69. The number of para-hydroxylation sites is 1. The summed E-state index contributed by atoms with van der Waals surface area (Å²) in [6.45, 7) is 0. The number of imide groups is 1. The van der Waals surface area contributed by atoms with Crippen molar-refractivity contribution in [3.8, 4) is 5.75 Å². The van der Waals surface area contributed by atoms with E-state index in [2.05, 4.69) is 0 Å². The fraction of sp³-hybridized carbons (Fsp3) is 0.167. The minimum atomic E-state index is -5.38. The first kappa shape index (κ1) is 20.1. The van der Waals surface area contributed by atoms with Gasteiger partial charge in [0.2, 0.25) is 0 Å². The number of carbonyl (C=O) groups is 3. The summed E-state index contributed by atoms with van der Waals surface area (Å²) in [6, 6.07) is 7.65. The van der Waals surface area contributed by atoms with Crippen LogP contribution in [0.2, 0.25) is 0 Å². The molecule has 1 saturated heterocycles. The first-order valence-electron chi connectivity index (χ1n) is 8.05. The van der Waals surface area contributed by atoms with E-state index in [4.69, 9.17) is 4.74 Å². The van der Waals surface area contributed by atoms with Gasteiger partial charge in [-0.1, -0.05) is 12.1 Å². The summed E-state index contributed by atoms with van der Waals surface area (Å²) in [5, 5.41) is 3.08. The molecule has 0 aliphatic carbocycles. The molecule has 0 spiro atoms. The van der Waals surface area contributed by atoms with E-state index in [0.717, 1.165) is 24.3 Å². The highest BCUT2D eigenvalue weighted by Gasteiger charge is 2.69. The van der Waals surface area contributed by atoms with Gasteiger partial charge >= 0.3 is 12.2 Å². The Hall–Kier alpha value is -3.63. The van der Waals surface area contributed by atoms with Crippen LogP contribution in [-0.4, -0.2) is 36.8 Å². The Labute approximate surface area is 161 Å². The number of benzene rings is 2. The Morgan fingerprint density at radius 1 is 1.10 bits per heavy atom. The normalized spacial score (nSPS) is 19.1. The number of rotatable bonds is 4. The molecule has 1 heterocycles. The number of urea groups is 1. The van der Waals surface area contributed by atoms with E-state index in [0.29, 0.717) is 0 Å². The molecule has 2 aromatic carbocycles. The maximum absolute atomic E-state index is 13.9. The molecule has 1 aliphatic rings. The second-order valence-corrected chi connectivity index (χ2v) is 5.95. The van der Waals surface area contributed by atoms with Crippen LogP contribution in [0.25, 0.3) is 0 Å². The van der Waals surface area contributed by atoms with Crippen molar-refractivity contribution >= 4 is 23.5 Å². The van der Waals surface area contributed by atoms with Gasteiger partial charge in [0.05, 0.1) is 18.4 Å². The van der Waals surface area contributed by atoms with Crippen molar-refractivity contribution in [1.29, 1.82) is 0 Å². The summed E-state index contributed by atoms with van der Waals surface area (Å²) in [5.41, 5.74) is -4.29. The highest BCUT2D eigenvalue weighted by Crippen LogP contribution is 2.36. The van der Waals surface area contributed by atoms with Gasteiger partial charge in [0.1, 0.15) is 11.6 Å². The highest BCUT2D eigenvalue weighted by molar-refractivity contribution is 6.24. The topological polar surface area (TPSA) is 87.7 Å². The molecule has 0 radical (unpaired) electrons. The van der Waals surface area contributed by atoms with Crippen molar-refractivity contribution in [2.45, 2.75) is 11.8 Å². The quantitative estimate of drug-likeness (QED) is 0.598. The van der Waals surface area contributed by atoms with Crippen molar-refractivity contribution in [2.24, 2.45) is 0 Å². The Morgan fingerprint density at radius 2 is 1.72 bits per heavy atom. The number of alkyl halides is 3. The Balaban J connectivity index is 2.02. The Morgan fingerprint density at radius 3 is 2.31 bits per heavy atom. The van der Waals surface area contributed by atoms with Crippen LogP contribution < -0.4 is 20.3 Å². The maximum atomic E-state index is 13.9. The number of halogens is 4. The van der Waals surface area contributed by atoms with E-state index in [1.54, 1.807) is 5.32 Å². The van der Waals surface area contributed by atoms with Gasteiger partial charge in [-0.25, -0.2) is 14.1 Å². The van der Waals surface area contributed by atoms with Crippen LogP contribution in [0.5, 0.6) is 5.75 Å². The smallest absolute Gasteiger partial charge is 0.440 e. The second-order valence-electron chi connectivity index (χ2n) is 5.95. The summed E-state index contributed by atoms with van der Waals surface area (Å²) >= 11 is 0. The minimum Gasteiger partial charge on any atom is -0.496 e. The molecule has 3 rings (SSSR count). The molecular weight excluding hydrogens is 398 g/mol. The Bertz CT molecular complexity index is 978. The van der Waals surface area contributed by atoms with Crippen LogP contribution in [0.15, 0.2) is 48.5 Å². The summed E-state index contributed by atoms with van der Waals surface area (Å²) in [6.07, 6.45) is -5.38. The van der Waals surface area contributed by atoms with E-state index >= 15 is 0 Å². The van der Waals surface area contributed by atoms with Crippen LogP contribution in [0.3, 0.4) is 0 Å². The predicted molar refractivity (Wildman–Crippen MR) is 91.7 cm³/mol. The lowest BCUT2D eigenvalue weighted by Gasteiger charge is -2.30. The zero-order valence-corrected chi connectivity index (χ0v) is 14.7. The number of hydrogen-bond donors (Lipinski definition) is 2. The molecule has 0 bridgehead atoms. The Kier molecular flexibility index (Phi) is 4.91. The van der Waals surface area contributed by atoms with Gasteiger partial charge in [-0.15, -0.1) is 0 Å². The number of carbonyl (C=O) groups excluding carboxylic acids is 3. The van der Waals surface area contributed by atoms with Gasteiger partial charge in [-0.2, -0.15) is 13.2 Å². The number of nitrogens with zero attached hydrogens (tertiary/aromatic N) is 1. The standard InChI is InChI=1S/C18H13F4N3O4/c1-29-13-5-3-2-4-12(13)14(26)23-17(18(20,21)22)15(27)25(16(28)24-17)11-8-6-10(19)7-9-11/h2-9H,1H3,(H,23,26)(H,24,28)/t17-/m0/s1. The number of amides is 4. The van der Waals surface area contributed by atoms with E-state index < -0.39 is 35.5 Å². The van der Waals surface area contributed by atoms with Gasteiger partial charge in [0, 0.05) is 0 Å². The molecule has 0 aromatic heterocycles. The van der Waals surface area contributed by atoms with Crippen LogP contribution in [0.1, 0.15) is 10.4 Å². The van der Waals surface area contributed by atoms with Crippen molar-refractivity contribution in [3.63, 3.8) is 0 Å². The molecule has 7 nitrogen and oxygen atoms in total. The summed E-state index contributed by atoms with van der Waals surface area (Å²) in [7, 11) is 1.21. The van der Waals surface area contributed by atoms with Crippen LogP contribution in [0.4, 0.5) is 28.0 Å².